The lowest BCUT2D eigenvalue weighted by molar-refractivity contribution is 0.548. The Labute approximate surface area is 268 Å². The molecule has 0 fully saturated rings. The molecule has 1 spiro atoms. The first-order valence-electron chi connectivity index (χ1n) is 16.1. The average Bonchev–Trinajstić information content (AvgIpc) is 3.72. The molecule has 0 N–H and O–H groups in total. The van der Waals surface area contributed by atoms with E-state index in [4.69, 9.17) is 4.42 Å². The third-order valence-corrected chi connectivity index (χ3v) is 10.4. The highest BCUT2D eigenvalue weighted by atomic mass is 16.3. The molecule has 0 saturated heterocycles. The summed E-state index contributed by atoms with van der Waals surface area (Å²) in [5.74, 6) is 1.95. The molecule has 0 aliphatic heterocycles. The Bertz CT molecular complexity index is 2490. The highest BCUT2D eigenvalue weighted by molar-refractivity contribution is 6.23. The summed E-state index contributed by atoms with van der Waals surface area (Å²) in [6, 6.07) is 54.1. The predicted molar refractivity (Wildman–Crippen MR) is 190 cm³/mol. The van der Waals surface area contributed by atoms with Crippen LogP contribution < -0.4 is 0 Å². The van der Waals surface area contributed by atoms with Crippen LogP contribution in [0.15, 0.2) is 150 Å². The van der Waals surface area contributed by atoms with Crippen LogP contribution in [0.25, 0.3) is 66.2 Å². The van der Waals surface area contributed by atoms with Gasteiger partial charge in [0.1, 0.15) is 11.5 Å². The second kappa shape index (κ2) is 9.19. The van der Waals surface area contributed by atoms with E-state index in [2.05, 4.69) is 159 Å². The summed E-state index contributed by atoms with van der Waals surface area (Å²) in [7, 11) is 0. The maximum atomic E-state index is 6.46. The van der Waals surface area contributed by atoms with E-state index >= 15 is 0 Å². The molecule has 2 aliphatic rings. The lowest BCUT2D eigenvalue weighted by Gasteiger charge is -2.29. The van der Waals surface area contributed by atoms with E-state index in [1.165, 1.54) is 88.3 Å². The quantitative estimate of drug-likeness (QED) is 0.184. The van der Waals surface area contributed by atoms with E-state index in [9.17, 15) is 0 Å². The van der Waals surface area contributed by atoms with Crippen molar-refractivity contribution in [1.29, 1.82) is 0 Å². The predicted octanol–water partition coefficient (Wildman–Crippen LogP) is 11.9. The Kier molecular flexibility index (Phi) is 5.12. The van der Waals surface area contributed by atoms with Gasteiger partial charge in [-0.1, -0.05) is 145 Å². The number of hydrogen-bond donors (Lipinski definition) is 0. The molecule has 1 unspecified atom stereocenters. The summed E-state index contributed by atoms with van der Waals surface area (Å²) in [6.07, 6.45) is 0. The van der Waals surface area contributed by atoms with Gasteiger partial charge < -0.3 is 4.42 Å². The Morgan fingerprint density at radius 2 is 0.935 bits per heavy atom. The van der Waals surface area contributed by atoms with Gasteiger partial charge in [0.05, 0.1) is 5.41 Å². The third kappa shape index (κ3) is 3.15. The summed E-state index contributed by atoms with van der Waals surface area (Å²) in [6.45, 7) is 4.22. The maximum Gasteiger partial charge on any atom is 0.139 e. The Morgan fingerprint density at radius 3 is 1.61 bits per heavy atom. The van der Waals surface area contributed by atoms with Crippen LogP contribution in [0.1, 0.15) is 33.6 Å². The minimum Gasteiger partial charge on any atom is -0.461 e. The highest BCUT2D eigenvalue weighted by Crippen LogP contribution is 2.65. The van der Waals surface area contributed by atoms with E-state index < -0.39 is 5.41 Å². The van der Waals surface area contributed by atoms with Crippen LogP contribution in [0.5, 0.6) is 0 Å². The lowest BCUT2D eigenvalue weighted by Crippen LogP contribution is -2.25. The van der Waals surface area contributed by atoms with Gasteiger partial charge in [0.25, 0.3) is 0 Å². The van der Waals surface area contributed by atoms with Crippen LogP contribution >= 0.6 is 0 Å². The van der Waals surface area contributed by atoms with E-state index in [0.717, 1.165) is 11.5 Å². The van der Waals surface area contributed by atoms with Crippen molar-refractivity contribution < 1.29 is 4.42 Å². The molecule has 0 saturated carbocycles. The monoisotopic (exact) mass is 586 g/mol. The topological polar surface area (TPSA) is 13.1 Å². The first-order chi connectivity index (χ1) is 22.7. The molecule has 1 heteroatoms. The summed E-state index contributed by atoms with van der Waals surface area (Å²) in [5.41, 5.74) is 15.0. The summed E-state index contributed by atoms with van der Waals surface area (Å²) >= 11 is 0. The van der Waals surface area contributed by atoms with Gasteiger partial charge in [-0.3, -0.25) is 0 Å². The number of furan rings is 1. The normalized spacial score (nSPS) is 15.7. The van der Waals surface area contributed by atoms with Crippen molar-refractivity contribution in [1.82, 2.24) is 0 Å². The zero-order chi connectivity index (χ0) is 30.6. The first-order valence-corrected chi connectivity index (χ1v) is 16.1. The van der Waals surface area contributed by atoms with E-state index in [0.29, 0.717) is 0 Å². The molecule has 0 radical (unpaired) electrons. The first kappa shape index (κ1) is 25.6. The van der Waals surface area contributed by atoms with Gasteiger partial charge in [-0.05, 0) is 91.5 Å². The molecule has 216 valence electrons. The summed E-state index contributed by atoms with van der Waals surface area (Å²) < 4.78 is 6.46. The largest absolute Gasteiger partial charge is 0.461 e. The highest BCUT2D eigenvalue weighted by Gasteiger charge is 2.53. The van der Waals surface area contributed by atoms with Crippen molar-refractivity contribution in [2.75, 3.05) is 0 Å². The molecule has 0 amide bonds. The summed E-state index contributed by atoms with van der Waals surface area (Å²) in [4.78, 5) is 0. The number of fused-ring (bicyclic) bond motifs is 12. The van der Waals surface area contributed by atoms with Crippen molar-refractivity contribution in [2.24, 2.45) is 0 Å². The Morgan fingerprint density at radius 1 is 0.413 bits per heavy atom. The molecule has 8 aromatic rings. The van der Waals surface area contributed by atoms with E-state index in [-0.39, 0.29) is 0 Å². The molecule has 2 aliphatic carbocycles. The standard InChI is InChI=1S/C45H30O/c1-27-22-24-29(25-23-27)41-30-12-3-5-14-32(30)42(33-15-6-4-13-31(33)41)36-18-11-21-39-43(36)34-16-7-9-19-37(34)45(39)38-20-10-8-17-35(38)44-40(45)26-28(2)46-44/h3-26H,1-2H3. The van der Waals surface area contributed by atoms with Gasteiger partial charge >= 0.3 is 0 Å². The van der Waals surface area contributed by atoms with Gasteiger partial charge in [-0.15, -0.1) is 0 Å². The smallest absolute Gasteiger partial charge is 0.139 e. The van der Waals surface area contributed by atoms with Crippen LogP contribution in [-0.2, 0) is 5.41 Å². The molecule has 7 aromatic carbocycles. The van der Waals surface area contributed by atoms with Crippen LogP contribution in [-0.4, -0.2) is 0 Å². The summed E-state index contributed by atoms with van der Waals surface area (Å²) in [5, 5.41) is 5.10. The Balaban J connectivity index is 1.36. The zero-order valence-corrected chi connectivity index (χ0v) is 25.8. The van der Waals surface area contributed by atoms with Gasteiger partial charge in [0.2, 0.25) is 0 Å². The molecule has 1 heterocycles. The number of hydrogen-bond acceptors (Lipinski definition) is 1. The second-order valence-corrected chi connectivity index (χ2v) is 12.9. The fraction of sp³-hybridized carbons (Fsp3) is 0.0667. The number of rotatable bonds is 2. The minimum atomic E-state index is -0.431. The third-order valence-electron chi connectivity index (χ3n) is 10.4. The molecule has 1 aromatic heterocycles. The van der Waals surface area contributed by atoms with Gasteiger partial charge in [-0.25, -0.2) is 0 Å². The lowest BCUT2D eigenvalue weighted by atomic mass is 9.70. The van der Waals surface area contributed by atoms with Crippen LogP contribution in [0, 0.1) is 13.8 Å². The van der Waals surface area contributed by atoms with Gasteiger partial charge in [0.15, 0.2) is 0 Å². The minimum absolute atomic E-state index is 0.431. The molecular weight excluding hydrogens is 556 g/mol. The van der Waals surface area contributed by atoms with E-state index in [1.54, 1.807) is 0 Å². The molecule has 1 atom stereocenters. The van der Waals surface area contributed by atoms with Gasteiger partial charge in [-0.2, -0.15) is 0 Å². The van der Waals surface area contributed by atoms with Crippen LogP contribution in [0.3, 0.4) is 0 Å². The fourth-order valence-corrected chi connectivity index (χ4v) is 8.71. The maximum absolute atomic E-state index is 6.46. The van der Waals surface area contributed by atoms with Gasteiger partial charge in [0, 0.05) is 11.1 Å². The zero-order valence-electron chi connectivity index (χ0n) is 25.8. The fourth-order valence-electron chi connectivity index (χ4n) is 8.71. The molecule has 10 rings (SSSR count). The SMILES string of the molecule is Cc1ccc(-c2c3ccccc3c(-c3cccc4c3-c3ccccc3C43c4ccccc4-c4oc(C)cc43)c3ccccc23)cc1. The van der Waals surface area contributed by atoms with Crippen LogP contribution in [0.2, 0.25) is 0 Å². The van der Waals surface area contributed by atoms with E-state index in [1.807, 2.05) is 0 Å². The van der Waals surface area contributed by atoms with Crippen LogP contribution in [0.4, 0.5) is 0 Å². The second-order valence-electron chi connectivity index (χ2n) is 12.9. The molecule has 46 heavy (non-hydrogen) atoms. The van der Waals surface area contributed by atoms with Crippen molar-refractivity contribution >= 4 is 21.5 Å². The van der Waals surface area contributed by atoms with Crippen molar-refractivity contribution in [3.63, 3.8) is 0 Å². The molecule has 0 bridgehead atoms. The molecule has 1 nitrogen and oxygen atoms in total. The Hall–Kier alpha value is -5.66. The van der Waals surface area contributed by atoms with Crippen molar-refractivity contribution in [3.05, 3.63) is 179 Å². The molecular formula is C45H30O. The van der Waals surface area contributed by atoms with Crippen molar-refractivity contribution in [3.8, 4) is 44.7 Å². The average molecular weight is 587 g/mol. The van der Waals surface area contributed by atoms with Crippen molar-refractivity contribution in [2.45, 2.75) is 19.3 Å². The number of aryl methyl sites for hydroxylation is 2. The number of benzene rings is 7.